The van der Waals surface area contributed by atoms with Gasteiger partial charge in [0, 0.05) is 36.1 Å². The Labute approximate surface area is 187 Å². The van der Waals surface area contributed by atoms with Crippen LogP contribution in [0, 0.1) is 0 Å². The zero-order valence-electron chi connectivity index (χ0n) is 18.4. The molecule has 1 aliphatic rings. The lowest BCUT2D eigenvalue weighted by atomic mass is 9.99. The predicted molar refractivity (Wildman–Crippen MR) is 130 cm³/mol. The molecule has 160 valence electrons. The number of imidazole rings is 1. The Bertz CT molecular complexity index is 1350. The predicted octanol–water partition coefficient (Wildman–Crippen LogP) is 4.57. The fraction of sp³-hybridized carbons (Fsp3) is 0.154. The number of nitrogens with one attached hydrogen (secondary N) is 2. The molecule has 0 unspecified atom stereocenters. The van der Waals surface area contributed by atoms with Crippen LogP contribution in [0.3, 0.4) is 0 Å². The molecule has 1 amide bonds. The highest BCUT2D eigenvalue weighted by Crippen LogP contribution is 2.37. The molecule has 0 fully saturated rings. The van der Waals surface area contributed by atoms with Crippen LogP contribution in [-0.4, -0.2) is 34.5 Å². The summed E-state index contributed by atoms with van der Waals surface area (Å²) < 4.78 is 1.99. The van der Waals surface area contributed by atoms with E-state index in [-0.39, 0.29) is 5.91 Å². The first kappa shape index (κ1) is 20.0. The molecule has 2 N–H and O–H groups in total. The van der Waals surface area contributed by atoms with Crippen LogP contribution >= 0.6 is 0 Å². The molecule has 1 aromatic heterocycles. The van der Waals surface area contributed by atoms with Crippen LogP contribution in [0.2, 0.25) is 0 Å². The van der Waals surface area contributed by atoms with Crippen LogP contribution in [-0.2, 0) is 18.4 Å². The van der Waals surface area contributed by atoms with E-state index in [0.29, 0.717) is 5.57 Å². The van der Waals surface area contributed by atoms with Crippen molar-refractivity contribution in [1.82, 2.24) is 14.5 Å². The van der Waals surface area contributed by atoms with Crippen LogP contribution in [0.5, 0.6) is 0 Å². The van der Waals surface area contributed by atoms with Crippen molar-refractivity contribution in [3.8, 4) is 0 Å². The number of aryl methyl sites for hydroxylation is 1. The Morgan fingerprint density at radius 2 is 1.84 bits per heavy atom. The van der Waals surface area contributed by atoms with Crippen molar-refractivity contribution in [2.45, 2.75) is 6.54 Å². The Hall–Kier alpha value is -3.90. The van der Waals surface area contributed by atoms with Gasteiger partial charge in [0.1, 0.15) is 0 Å². The largest absolute Gasteiger partial charge is 0.354 e. The van der Waals surface area contributed by atoms with E-state index in [4.69, 9.17) is 0 Å². The maximum Gasteiger partial charge on any atom is 0.258 e. The highest BCUT2D eigenvalue weighted by atomic mass is 16.2. The van der Waals surface area contributed by atoms with Crippen molar-refractivity contribution >= 4 is 39.6 Å². The van der Waals surface area contributed by atoms with Crippen molar-refractivity contribution in [2.24, 2.45) is 7.05 Å². The number of para-hydroxylation sites is 1. The molecule has 0 bridgehead atoms. The van der Waals surface area contributed by atoms with Gasteiger partial charge in [-0.1, -0.05) is 36.4 Å². The highest BCUT2D eigenvalue weighted by Gasteiger charge is 2.28. The summed E-state index contributed by atoms with van der Waals surface area (Å²) in [5.74, 6) is -0.112. The second kappa shape index (κ2) is 7.98. The van der Waals surface area contributed by atoms with E-state index in [1.807, 2.05) is 54.1 Å². The summed E-state index contributed by atoms with van der Waals surface area (Å²) >= 11 is 0. The third kappa shape index (κ3) is 3.65. The standard InChI is InChI=1S/C26H25N5O/c1-30(2)15-17-8-11-19(12-9-17)28-25(18-10-13-23-22(14-18)27-16-31(23)3)24-20-6-4-5-7-21(20)29-26(24)32/h4-14,16,28H,15H2,1-3H3,(H,29,32). The fourth-order valence-electron chi connectivity index (χ4n) is 4.14. The van der Waals surface area contributed by atoms with Crippen LogP contribution < -0.4 is 10.6 Å². The number of fused-ring (bicyclic) bond motifs is 2. The van der Waals surface area contributed by atoms with E-state index < -0.39 is 0 Å². The minimum Gasteiger partial charge on any atom is -0.354 e. The average molecular weight is 424 g/mol. The second-order valence-corrected chi connectivity index (χ2v) is 8.37. The third-order valence-electron chi connectivity index (χ3n) is 5.66. The topological polar surface area (TPSA) is 62.2 Å². The smallest absolute Gasteiger partial charge is 0.258 e. The van der Waals surface area contributed by atoms with Gasteiger partial charge in [0.05, 0.1) is 28.6 Å². The molecular weight excluding hydrogens is 398 g/mol. The molecule has 0 radical (unpaired) electrons. The molecular formula is C26H25N5O. The molecule has 0 aliphatic carbocycles. The monoisotopic (exact) mass is 423 g/mol. The van der Waals surface area contributed by atoms with Gasteiger partial charge in [-0.3, -0.25) is 4.79 Å². The van der Waals surface area contributed by atoms with Gasteiger partial charge in [-0.25, -0.2) is 4.98 Å². The van der Waals surface area contributed by atoms with E-state index in [2.05, 4.69) is 58.9 Å². The maximum absolute atomic E-state index is 13.0. The number of amides is 1. The summed E-state index contributed by atoms with van der Waals surface area (Å²) in [6.07, 6.45) is 1.80. The summed E-state index contributed by atoms with van der Waals surface area (Å²) in [5, 5.41) is 6.52. The lowest BCUT2D eigenvalue weighted by Crippen LogP contribution is -2.11. The van der Waals surface area contributed by atoms with Gasteiger partial charge < -0.3 is 20.1 Å². The molecule has 5 rings (SSSR count). The van der Waals surface area contributed by atoms with E-state index in [1.165, 1.54) is 5.56 Å². The number of carbonyl (C=O) groups excluding carboxylic acids is 1. The molecule has 3 aromatic carbocycles. The van der Waals surface area contributed by atoms with Crippen molar-refractivity contribution in [3.63, 3.8) is 0 Å². The number of nitrogens with zero attached hydrogens (tertiary/aromatic N) is 3. The first-order chi connectivity index (χ1) is 15.5. The molecule has 0 saturated heterocycles. The second-order valence-electron chi connectivity index (χ2n) is 8.37. The summed E-state index contributed by atoms with van der Waals surface area (Å²) in [6, 6.07) is 22.2. The highest BCUT2D eigenvalue weighted by molar-refractivity contribution is 6.37. The van der Waals surface area contributed by atoms with Crippen LogP contribution in [0.25, 0.3) is 22.3 Å². The van der Waals surface area contributed by atoms with Gasteiger partial charge in [0.25, 0.3) is 5.91 Å². The SMILES string of the molecule is CN(C)Cc1ccc(NC(=C2C(=O)Nc3ccccc32)c2ccc3c(c2)ncn3C)cc1. The molecule has 0 atom stereocenters. The first-order valence-electron chi connectivity index (χ1n) is 10.6. The summed E-state index contributed by atoms with van der Waals surface area (Å²) in [5.41, 5.74) is 8.11. The molecule has 6 heteroatoms. The van der Waals surface area contributed by atoms with Gasteiger partial charge in [-0.15, -0.1) is 0 Å². The Morgan fingerprint density at radius 1 is 1.06 bits per heavy atom. The summed E-state index contributed by atoms with van der Waals surface area (Å²) in [6.45, 7) is 0.875. The van der Waals surface area contributed by atoms with Crippen molar-refractivity contribution in [1.29, 1.82) is 0 Å². The summed E-state index contributed by atoms with van der Waals surface area (Å²) in [4.78, 5) is 19.7. The van der Waals surface area contributed by atoms with Gasteiger partial charge in [-0.05, 0) is 50.0 Å². The molecule has 6 nitrogen and oxygen atoms in total. The van der Waals surface area contributed by atoms with Gasteiger partial charge in [-0.2, -0.15) is 0 Å². The minimum absolute atomic E-state index is 0.112. The quantitative estimate of drug-likeness (QED) is 0.462. The van der Waals surface area contributed by atoms with E-state index in [0.717, 1.165) is 45.8 Å². The Balaban J connectivity index is 1.63. The molecule has 2 heterocycles. The average Bonchev–Trinajstić information content (AvgIpc) is 3.31. The Kier molecular flexibility index (Phi) is 4.99. The van der Waals surface area contributed by atoms with E-state index >= 15 is 0 Å². The Morgan fingerprint density at radius 3 is 2.62 bits per heavy atom. The van der Waals surface area contributed by atoms with E-state index in [9.17, 15) is 4.79 Å². The molecule has 0 saturated carbocycles. The van der Waals surface area contributed by atoms with Crippen LogP contribution in [0.15, 0.2) is 73.1 Å². The van der Waals surface area contributed by atoms with E-state index in [1.54, 1.807) is 6.33 Å². The van der Waals surface area contributed by atoms with Crippen LogP contribution in [0.4, 0.5) is 11.4 Å². The lowest BCUT2D eigenvalue weighted by molar-refractivity contribution is -0.110. The third-order valence-corrected chi connectivity index (χ3v) is 5.66. The van der Waals surface area contributed by atoms with Gasteiger partial charge in [0.15, 0.2) is 0 Å². The van der Waals surface area contributed by atoms with Crippen LogP contribution in [0.1, 0.15) is 16.7 Å². The van der Waals surface area contributed by atoms with Gasteiger partial charge in [0.2, 0.25) is 0 Å². The molecule has 0 spiro atoms. The fourth-order valence-corrected chi connectivity index (χ4v) is 4.14. The number of hydrogen-bond acceptors (Lipinski definition) is 4. The number of carbonyl (C=O) groups is 1. The van der Waals surface area contributed by atoms with Gasteiger partial charge >= 0.3 is 0 Å². The number of benzene rings is 3. The molecule has 32 heavy (non-hydrogen) atoms. The zero-order valence-corrected chi connectivity index (χ0v) is 18.4. The maximum atomic E-state index is 13.0. The molecule has 1 aliphatic heterocycles. The van der Waals surface area contributed by atoms with Crippen molar-refractivity contribution in [3.05, 3.63) is 89.7 Å². The number of rotatable bonds is 5. The first-order valence-corrected chi connectivity index (χ1v) is 10.6. The number of aromatic nitrogens is 2. The summed E-state index contributed by atoms with van der Waals surface area (Å²) in [7, 11) is 6.08. The number of anilines is 2. The normalized spacial score (nSPS) is 14.6. The lowest BCUT2D eigenvalue weighted by Gasteiger charge is -2.16. The minimum atomic E-state index is -0.112. The zero-order chi connectivity index (χ0) is 22.2. The van der Waals surface area contributed by atoms with Crippen molar-refractivity contribution in [2.75, 3.05) is 24.7 Å². The van der Waals surface area contributed by atoms with Crippen molar-refractivity contribution < 1.29 is 4.79 Å². The number of hydrogen-bond donors (Lipinski definition) is 2. The molecule has 4 aromatic rings.